The van der Waals surface area contributed by atoms with Crippen molar-refractivity contribution < 1.29 is 28.2 Å². The number of hydrogen-bond acceptors (Lipinski definition) is 6. The minimum absolute atomic E-state index is 0.0390. The maximum atomic E-state index is 13.4. The Hall–Kier alpha value is -4.54. The van der Waals surface area contributed by atoms with Crippen molar-refractivity contribution in [1.82, 2.24) is 19.7 Å². The fourth-order valence-electron chi connectivity index (χ4n) is 4.11. The molecule has 1 amide bonds. The first kappa shape index (κ1) is 23.2. The Kier molecular flexibility index (Phi) is 5.75. The first-order chi connectivity index (χ1) is 17.2. The first-order valence-corrected chi connectivity index (χ1v) is 10.9. The lowest BCUT2D eigenvalue weighted by Gasteiger charge is -2.20. The number of halogens is 3. The molecule has 36 heavy (non-hydrogen) atoms. The Morgan fingerprint density at radius 1 is 1.03 bits per heavy atom. The van der Waals surface area contributed by atoms with Crippen LogP contribution in [0, 0.1) is 0 Å². The number of nitrogens with zero attached hydrogens (tertiary/aromatic N) is 4. The van der Waals surface area contributed by atoms with Crippen LogP contribution in [-0.2, 0) is 25.8 Å². The number of carbonyl (C=O) groups excluding carboxylic acids is 1. The van der Waals surface area contributed by atoms with Gasteiger partial charge in [-0.2, -0.15) is 18.3 Å². The van der Waals surface area contributed by atoms with Gasteiger partial charge in [0.15, 0.2) is 0 Å². The minimum Gasteiger partial charge on any atom is -0.508 e. The molecule has 0 aliphatic carbocycles. The molecule has 5 rings (SSSR count). The molecule has 0 saturated heterocycles. The number of aromatic nitrogens is 3. The molecular weight excluding hydrogens is 475 g/mol. The molecule has 3 heterocycles. The quantitative estimate of drug-likeness (QED) is 0.372. The summed E-state index contributed by atoms with van der Waals surface area (Å²) in [5.41, 5.74) is 1.62. The SMILES string of the molecule is O=C(c1c(O)cc(O)cc1Nc1ccnn1Cc1ccc(C(F)(F)F)cc1)N1Cc2cccnc2C1. The van der Waals surface area contributed by atoms with Crippen LogP contribution in [0.2, 0.25) is 0 Å². The molecule has 8 nitrogen and oxygen atoms in total. The summed E-state index contributed by atoms with van der Waals surface area (Å²) in [6, 6.07) is 12.4. The Balaban J connectivity index is 1.40. The Bertz CT molecular complexity index is 1410. The molecule has 1 aliphatic rings. The van der Waals surface area contributed by atoms with E-state index >= 15 is 0 Å². The summed E-state index contributed by atoms with van der Waals surface area (Å²) in [5.74, 6) is -0.714. The third-order valence-corrected chi connectivity index (χ3v) is 5.88. The van der Waals surface area contributed by atoms with E-state index in [4.69, 9.17) is 0 Å². The van der Waals surface area contributed by atoms with Gasteiger partial charge in [-0.1, -0.05) is 18.2 Å². The van der Waals surface area contributed by atoms with Crippen molar-refractivity contribution >= 4 is 17.4 Å². The summed E-state index contributed by atoms with van der Waals surface area (Å²) >= 11 is 0. The number of aromatic hydroxyl groups is 2. The van der Waals surface area contributed by atoms with Crippen molar-refractivity contribution in [3.8, 4) is 11.5 Å². The van der Waals surface area contributed by atoms with Gasteiger partial charge in [-0.25, -0.2) is 4.68 Å². The lowest BCUT2D eigenvalue weighted by atomic mass is 10.1. The minimum atomic E-state index is -4.43. The molecule has 1 aliphatic heterocycles. The number of carbonyl (C=O) groups is 1. The number of hydrogen-bond donors (Lipinski definition) is 3. The molecule has 184 valence electrons. The standard InChI is InChI=1S/C25H20F3N5O3/c26-25(27,28)17-5-3-15(4-6-17)12-33-22(7-9-30-33)31-19-10-18(34)11-21(35)23(19)24(36)32-13-16-2-1-8-29-20(16)14-32/h1-11,31,34-35H,12-14H2. The first-order valence-electron chi connectivity index (χ1n) is 10.9. The highest BCUT2D eigenvalue weighted by Gasteiger charge is 2.30. The molecular formula is C25H20F3N5O3. The highest BCUT2D eigenvalue weighted by atomic mass is 19.4. The molecule has 0 radical (unpaired) electrons. The van der Waals surface area contributed by atoms with Crippen molar-refractivity contribution in [2.24, 2.45) is 0 Å². The molecule has 0 fully saturated rings. The van der Waals surface area contributed by atoms with Gasteiger partial charge < -0.3 is 20.4 Å². The van der Waals surface area contributed by atoms with Crippen LogP contribution in [0.15, 0.2) is 67.0 Å². The van der Waals surface area contributed by atoms with Crippen LogP contribution in [0.4, 0.5) is 24.7 Å². The van der Waals surface area contributed by atoms with Crippen LogP contribution in [0.5, 0.6) is 11.5 Å². The number of benzene rings is 2. The molecule has 0 saturated carbocycles. The maximum absolute atomic E-state index is 13.4. The number of amides is 1. The molecule has 0 bridgehead atoms. The van der Waals surface area contributed by atoms with Crippen LogP contribution < -0.4 is 5.32 Å². The summed E-state index contributed by atoms with van der Waals surface area (Å²) in [6.07, 6.45) is -1.29. The second-order valence-corrected chi connectivity index (χ2v) is 8.35. The van der Waals surface area contributed by atoms with Gasteiger partial charge >= 0.3 is 6.18 Å². The maximum Gasteiger partial charge on any atom is 0.416 e. The fourth-order valence-corrected chi connectivity index (χ4v) is 4.11. The van der Waals surface area contributed by atoms with E-state index in [1.54, 1.807) is 18.3 Å². The van der Waals surface area contributed by atoms with Crippen LogP contribution in [0.25, 0.3) is 0 Å². The number of phenolic OH excluding ortho intramolecular Hbond substituents is 2. The molecule has 2 aromatic carbocycles. The van der Waals surface area contributed by atoms with Crippen molar-refractivity contribution in [2.75, 3.05) is 5.32 Å². The van der Waals surface area contributed by atoms with E-state index < -0.39 is 23.4 Å². The van der Waals surface area contributed by atoms with Gasteiger partial charge in [-0.05, 0) is 29.3 Å². The highest BCUT2D eigenvalue weighted by molar-refractivity contribution is 6.03. The number of alkyl halides is 3. The van der Waals surface area contributed by atoms with E-state index in [9.17, 15) is 28.2 Å². The second-order valence-electron chi connectivity index (χ2n) is 8.35. The summed E-state index contributed by atoms with van der Waals surface area (Å²) in [7, 11) is 0. The smallest absolute Gasteiger partial charge is 0.416 e. The van der Waals surface area contributed by atoms with Gasteiger partial charge in [0.05, 0.1) is 36.2 Å². The third-order valence-electron chi connectivity index (χ3n) is 5.88. The van der Waals surface area contributed by atoms with E-state index in [1.165, 1.54) is 34.0 Å². The summed E-state index contributed by atoms with van der Waals surface area (Å²) < 4.78 is 40.1. The van der Waals surface area contributed by atoms with Gasteiger partial charge in [0.2, 0.25) is 0 Å². The number of rotatable bonds is 5. The van der Waals surface area contributed by atoms with E-state index in [1.807, 2.05) is 6.07 Å². The zero-order valence-electron chi connectivity index (χ0n) is 18.7. The van der Waals surface area contributed by atoms with Crippen molar-refractivity contribution in [3.63, 3.8) is 0 Å². The van der Waals surface area contributed by atoms with Crippen LogP contribution in [0.3, 0.4) is 0 Å². The van der Waals surface area contributed by atoms with Crippen molar-refractivity contribution in [2.45, 2.75) is 25.8 Å². The largest absolute Gasteiger partial charge is 0.508 e. The van der Waals surface area contributed by atoms with Gasteiger partial charge in [-0.15, -0.1) is 0 Å². The average Bonchev–Trinajstić information content (AvgIpc) is 3.45. The Labute approximate surface area is 203 Å². The molecule has 0 unspecified atom stereocenters. The van der Waals surface area contributed by atoms with Crippen LogP contribution in [0.1, 0.15) is 32.7 Å². The van der Waals surface area contributed by atoms with Gasteiger partial charge in [0, 0.05) is 30.9 Å². The molecule has 0 spiro atoms. The Morgan fingerprint density at radius 3 is 2.53 bits per heavy atom. The number of phenols is 2. The molecule has 3 N–H and O–H groups in total. The van der Waals surface area contributed by atoms with E-state index in [0.717, 1.165) is 29.5 Å². The highest BCUT2D eigenvalue weighted by Crippen LogP contribution is 2.36. The average molecular weight is 495 g/mol. The van der Waals surface area contributed by atoms with Crippen LogP contribution >= 0.6 is 0 Å². The normalized spacial score (nSPS) is 13.0. The van der Waals surface area contributed by atoms with Gasteiger partial charge in [0.1, 0.15) is 22.9 Å². The second kappa shape index (κ2) is 8.91. The molecule has 11 heteroatoms. The van der Waals surface area contributed by atoms with E-state index in [-0.39, 0.29) is 30.1 Å². The third kappa shape index (κ3) is 4.54. The summed E-state index contributed by atoms with van der Waals surface area (Å²) in [6.45, 7) is 0.753. The monoisotopic (exact) mass is 495 g/mol. The van der Waals surface area contributed by atoms with Crippen LogP contribution in [-0.4, -0.2) is 35.8 Å². The molecule has 0 atom stereocenters. The van der Waals surface area contributed by atoms with E-state index in [0.29, 0.717) is 17.9 Å². The lowest BCUT2D eigenvalue weighted by Crippen LogP contribution is -2.26. The van der Waals surface area contributed by atoms with Crippen molar-refractivity contribution in [1.29, 1.82) is 0 Å². The zero-order valence-corrected chi connectivity index (χ0v) is 18.7. The summed E-state index contributed by atoms with van der Waals surface area (Å²) in [4.78, 5) is 19.2. The molecule has 4 aromatic rings. The number of fused-ring (bicyclic) bond motifs is 1. The zero-order chi connectivity index (χ0) is 25.4. The number of anilines is 2. The predicted molar refractivity (Wildman–Crippen MR) is 124 cm³/mol. The lowest BCUT2D eigenvalue weighted by molar-refractivity contribution is -0.137. The number of nitrogens with one attached hydrogen (secondary N) is 1. The molecule has 2 aromatic heterocycles. The van der Waals surface area contributed by atoms with Gasteiger partial charge in [-0.3, -0.25) is 9.78 Å². The Morgan fingerprint density at radius 2 is 1.81 bits per heavy atom. The number of pyridine rings is 1. The summed E-state index contributed by atoms with van der Waals surface area (Å²) in [5, 5.41) is 27.9. The van der Waals surface area contributed by atoms with Crippen molar-refractivity contribution in [3.05, 3.63) is 94.9 Å². The van der Waals surface area contributed by atoms with E-state index in [2.05, 4.69) is 15.4 Å². The predicted octanol–water partition coefficient (Wildman–Crippen LogP) is 4.66. The van der Waals surface area contributed by atoms with Gasteiger partial charge in [0.25, 0.3) is 5.91 Å². The topological polar surface area (TPSA) is 104 Å². The fraction of sp³-hybridized carbons (Fsp3) is 0.160.